The van der Waals surface area contributed by atoms with Crippen LogP contribution in [0.3, 0.4) is 0 Å². The number of carbonyl (C=O) groups excluding carboxylic acids is 2. The predicted molar refractivity (Wildman–Crippen MR) is 124 cm³/mol. The Hall–Kier alpha value is -2.00. The van der Waals surface area contributed by atoms with Crippen LogP contribution in [-0.2, 0) is 26.2 Å². The molecule has 1 atom stereocenters. The molecular formula is C20H22Cl3N3O4S. The fourth-order valence-electron chi connectivity index (χ4n) is 2.87. The second-order valence-corrected chi connectivity index (χ2v) is 9.93. The fraction of sp³-hybridized carbons (Fsp3) is 0.300. The molecule has 1 N–H and O–H groups in total. The van der Waals surface area contributed by atoms with Crippen molar-refractivity contribution in [3.63, 3.8) is 0 Å². The van der Waals surface area contributed by atoms with Crippen molar-refractivity contribution < 1.29 is 18.0 Å². The van der Waals surface area contributed by atoms with E-state index in [9.17, 15) is 18.0 Å². The molecule has 0 spiro atoms. The Labute approximate surface area is 196 Å². The van der Waals surface area contributed by atoms with Crippen molar-refractivity contribution in [1.29, 1.82) is 0 Å². The van der Waals surface area contributed by atoms with Crippen molar-refractivity contribution in [3.05, 3.63) is 63.1 Å². The van der Waals surface area contributed by atoms with Gasteiger partial charge in [0.15, 0.2) is 0 Å². The molecule has 0 bridgehead atoms. The fourth-order valence-corrected chi connectivity index (χ4v) is 4.49. The molecule has 0 aliphatic carbocycles. The number of halogens is 3. The minimum Gasteiger partial charge on any atom is -0.357 e. The van der Waals surface area contributed by atoms with E-state index in [1.807, 2.05) is 0 Å². The number of hydrogen-bond acceptors (Lipinski definition) is 4. The summed E-state index contributed by atoms with van der Waals surface area (Å²) >= 11 is 18.3. The molecule has 0 radical (unpaired) electrons. The van der Waals surface area contributed by atoms with Gasteiger partial charge in [0.25, 0.3) is 0 Å². The van der Waals surface area contributed by atoms with Gasteiger partial charge in [0.1, 0.15) is 12.6 Å². The summed E-state index contributed by atoms with van der Waals surface area (Å²) in [7, 11) is -2.40. The SMILES string of the molecule is CNC(=O)[C@@H](C)N(Cc1ccc(Cl)cc1Cl)C(=O)CN(c1ccccc1Cl)S(C)(=O)=O. The van der Waals surface area contributed by atoms with E-state index in [0.29, 0.717) is 15.6 Å². The number of nitrogens with zero attached hydrogens (tertiary/aromatic N) is 2. The van der Waals surface area contributed by atoms with E-state index in [1.165, 1.54) is 30.1 Å². The summed E-state index contributed by atoms with van der Waals surface area (Å²) in [5.41, 5.74) is 0.718. The molecule has 2 rings (SSSR count). The van der Waals surface area contributed by atoms with Gasteiger partial charge in [-0.3, -0.25) is 13.9 Å². The first-order chi connectivity index (χ1) is 14.5. The number of likely N-dealkylation sites (N-methyl/N-ethyl adjacent to an activating group) is 1. The predicted octanol–water partition coefficient (Wildman–Crippen LogP) is 3.58. The lowest BCUT2D eigenvalue weighted by molar-refractivity contribution is -0.139. The highest BCUT2D eigenvalue weighted by Crippen LogP contribution is 2.28. The number of carbonyl (C=O) groups is 2. The maximum atomic E-state index is 13.3. The van der Waals surface area contributed by atoms with Gasteiger partial charge in [-0.05, 0) is 36.8 Å². The highest BCUT2D eigenvalue weighted by atomic mass is 35.5. The molecule has 0 aliphatic heterocycles. The van der Waals surface area contributed by atoms with Crippen LogP contribution in [0.2, 0.25) is 15.1 Å². The first-order valence-electron chi connectivity index (χ1n) is 9.13. The molecule has 168 valence electrons. The van der Waals surface area contributed by atoms with Crippen LogP contribution in [-0.4, -0.2) is 51.0 Å². The number of amides is 2. The van der Waals surface area contributed by atoms with E-state index in [2.05, 4.69) is 5.32 Å². The van der Waals surface area contributed by atoms with Crippen LogP contribution in [0.4, 0.5) is 5.69 Å². The molecule has 11 heteroatoms. The maximum Gasteiger partial charge on any atom is 0.244 e. The average Bonchev–Trinajstić information content (AvgIpc) is 2.70. The lowest BCUT2D eigenvalue weighted by Gasteiger charge is -2.31. The summed E-state index contributed by atoms with van der Waals surface area (Å²) < 4.78 is 25.8. The van der Waals surface area contributed by atoms with Crippen molar-refractivity contribution in [2.45, 2.75) is 19.5 Å². The van der Waals surface area contributed by atoms with E-state index in [1.54, 1.807) is 31.2 Å². The van der Waals surface area contributed by atoms with Crippen LogP contribution in [0.5, 0.6) is 0 Å². The van der Waals surface area contributed by atoms with Gasteiger partial charge in [-0.2, -0.15) is 0 Å². The summed E-state index contributed by atoms with van der Waals surface area (Å²) in [6.07, 6.45) is 0.978. The molecule has 0 fully saturated rings. The van der Waals surface area contributed by atoms with Crippen molar-refractivity contribution in [1.82, 2.24) is 10.2 Å². The summed E-state index contributed by atoms with van der Waals surface area (Å²) in [4.78, 5) is 26.8. The van der Waals surface area contributed by atoms with Gasteiger partial charge in [0, 0.05) is 23.6 Å². The zero-order chi connectivity index (χ0) is 23.3. The number of nitrogens with one attached hydrogen (secondary N) is 1. The lowest BCUT2D eigenvalue weighted by Crippen LogP contribution is -2.50. The van der Waals surface area contributed by atoms with Crippen LogP contribution in [0.1, 0.15) is 12.5 Å². The maximum absolute atomic E-state index is 13.3. The van der Waals surface area contributed by atoms with Crippen LogP contribution in [0, 0.1) is 0 Å². The third-order valence-corrected chi connectivity index (χ3v) is 6.60. The monoisotopic (exact) mass is 505 g/mol. The summed E-state index contributed by atoms with van der Waals surface area (Å²) in [6.45, 7) is 0.972. The molecule has 2 amide bonds. The normalized spacial score (nSPS) is 12.2. The third kappa shape index (κ3) is 6.49. The molecule has 0 aromatic heterocycles. The van der Waals surface area contributed by atoms with Crippen LogP contribution in [0.25, 0.3) is 0 Å². The van der Waals surface area contributed by atoms with Crippen molar-refractivity contribution in [2.75, 3.05) is 24.2 Å². The summed E-state index contributed by atoms with van der Waals surface area (Å²) in [6, 6.07) is 10.2. The molecule has 2 aromatic carbocycles. The summed E-state index contributed by atoms with van der Waals surface area (Å²) in [5.74, 6) is -1.02. The zero-order valence-corrected chi connectivity index (χ0v) is 20.2. The Bertz CT molecular complexity index is 1080. The number of benzene rings is 2. The Morgan fingerprint density at radius 3 is 2.26 bits per heavy atom. The number of sulfonamides is 1. The Kier molecular flexibility index (Phi) is 8.59. The molecular weight excluding hydrogens is 485 g/mol. The van der Waals surface area contributed by atoms with Gasteiger partial charge in [-0.25, -0.2) is 8.42 Å². The van der Waals surface area contributed by atoms with E-state index in [0.717, 1.165) is 10.6 Å². The molecule has 0 heterocycles. The first-order valence-corrected chi connectivity index (χ1v) is 12.1. The average molecular weight is 507 g/mol. The van der Waals surface area contributed by atoms with Gasteiger partial charge in [-0.1, -0.05) is 53.0 Å². The van der Waals surface area contributed by atoms with E-state index < -0.39 is 34.4 Å². The zero-order valence-electron chi connectivity index (χ0n) is 17.1. The van der Waals surface area contributed by atoms with Crippen molar-refractivity contribution >= 4 is 62.3 Å². The largest absolute Gasteiger partial charge is 0.357 e. The van der Waals surface area contributed by atoms with E-state index >= 15 is 0 Å². The second kappa shape index (κ2) is 10.5. The van der Waals surface area contributed by atoms with E-state index in [4.69, 9.17) is 34.8 Å². The topological polar surface area (TPSA) is 86.8 Å². The lowest BCUT2D eigenvalue weighted by atomic mass is 10.1. The van der Waals surface area contributed by atoms with Gasteiger partial charge < -0.3 is 10.2 Å². The molecule has 0 saturated heterocycles. The molecule has 0 saturated carbocycles. The van der Waals surface area contributed by atoms with Crippen LogP contribution in [0.15, 0.2) is 42.5 Å². The Morgan fingerprint density at radius 2 is 1.71 bits per heavy atom. The molecule has 7 nitrogen and oxygen atoms in total. The van der Waals surface area contributed by atoms with Gasteiger partial charge >= 0.3 is 0 Å². The minimum absolute atomic E-state index is 0.0243. The molecule has 0 aliphatic rings. The van der Waals surface area contributed by atoms with Crippen molar-refractivity contribution in [3.8, 4) is 0 Å². The van der Waals surface area contributed by atoms with Crippen LogP contribution < -0.4 is 9.62 Å². The van der Waals surface area contributed by atoms with Gasteiger partial charge in [-0.15, -0.1) is 0 Å². The second-order valence-electron chi connectivity index (χ2n) is 6.77. The minimum atomic E-state index is -3.85. The number of rotatable bonds is 8. The molecule has 0 unspecified atom stereocenters. The first kappa shape index (κ1) is 25.3. The van der Waals surface area contributed by atoms with Crippen LogP contribution >= 0.6 is 34.8 Å². The molecule has 31 heavy (non-hydrogen) atoms. The smallest absolute Gasteiger partial charge is 0.244 e. The summed E-state index contributed by atoms with van der Waals surface area (Å²) in [5, 5.41) is 3.41. The number of anilines is 1. The Morgan fingerprint density at radius 1 is 1.06 bits per heavy atom. The van der Waals surface area contributed by atoms with Gasteiger partial charge in [0.2, 0.25) is 21.8 Å². The number of para-hydroxylation sites is 1. The highest BCUT2D eigenvalue weighted by Gasteiger charge is 2.30. The van der Waals surface area contributed by atoms with Gasteiger partial charge in [0.05, 0.1) is 17.0 Å². The molecule has 2 aromatic rings. The number of hydrogen-bond donors (Lipinski definition) is 1. The highest BCUT2D eigenvalue weighted by molar-refractivity contribution is 7.92. The van der Waals surface area contributed by atoms with Crippen molar-refractivity contribution in [2.24, 2.45) is 0 Å². The standard InChI is InChI=1S/C20H22Cl3N3O4S/c1-13(20(28)24-2)25(11-14-8-9-15(21)10-17(14)23)19(27)12-26(31(3,29)30)18-7-5-4-6-16(18)22/h4-10,13H,11-12H2,1-3H3,(H,24,28)/t13-/m1/s1. The Balaban J connectivity index is 2.43. The quantitative estimate of drug-likeness (QED) is 0.593. The third-order valence-electron chi connectivity index (χ3n) is 4.57. The van der Waals surface area contributed by atoms with E-state index in [-0.39, 0.29) is 17.3 Å².